The summed E-state index contributed by atoms with van der Waals surface area (Å²) in [7, 11) is 2.14. The largest absolute Gasteiger partial charge is 0.396 e. The highest BCUT2D eigenvalue weighted by atomic mass is 16.2. The summed E-state index contributed by atoms with van der Waals surface area (Å²) in [6, 6.07) is 6.55. The van der Waals surface area contributed by atoms with Crippen LogP contribution in [0.5, 0.6) is 0 Å². The van der Waals surface area contributed by atoms with Crippen molar-refractivity contribution in [2.75, 3.05) is 6.61 Å². The number of aromatic nitrogens is 1. The lowest BCUT2D eigenvalue weighted by molar-refractivity contribution is 0.288. The van der Waals surface area contributed by atoms with Crippen LogP contribution in [-0.2, 0) is 19.9 Å². The number of aliphatic hydroxyl groups excluding tert-OH is 1. The maximum Gasteiger partial charge on any atom is 0.0515 e. The van der Waals surface area contributed by atoms with E-state index in [1.54, 1.807) is 0 Å². The van der Waals surface area contributed by atoms with E-state index in [1.807, 2.05) is 0 Å². The molecule has 1 heterocycles. The van der Waals surface area contributed by atoms with Gasteiger partial charge in [0.25, 0.3) is 0 Å². The van der Waals surface area contributed by atoms with Gasteiger partial charge in [-0.25, -0.2) is 0 Å². The van der Waals surface area contributed by atoms with Gasteiger partial charge in [-0.15, -0.1) is 0 Å². The number of rotatable bonds is 4. The molecular formula is C15H21NO. The predicted molar refractivity (Wildman–Crippen MR) is 72.4 cm³/mol. The zero-order valence-electron chi connectivity index (χ0n) is 11.0. The van der Waals surface area contributed by atoms with Crippen molar-refractivity contribution in [3.8, 4) is 0 Å². The normalized spacial score (nSPS) is 11.3. The Bertz CT molecular complexity index is 525. The average molecular weight is 231 g/mol. The molecule has 2 heteroatoms. The van der Waals surface area contributed by atoms with Gasteiger partial charge in [0.15, 0.2) is 0 Å². The van der Waals surface area contributed by atoms with Crippen LogP contribution >= 0.6 is 0 Å². The third-order valence-electron chi connectivity index (χ3n) is 3.69. The number of benzene rings is 1. The Labute approximate surface area is 103 Å². The first kappa shape index (κ1) is 12.2. The molecule has 92 valence electrons. The Morgan fingerprint density at radius 1 is 1.29 bits per heavy atom. The molecule has 0 aliphatic carbocycles. The number of fused-ring (bicyclic) bond motifs is 1. The summed E-state index contributed by atoms with van der Waals surface area (Å²) < 4.78 is 2.29. The van der Waals surface area contributed by atoms with E-state index in [0.29, 0.717) is 0 Å². The Hall–Kier alpha value is -1.28. The summed E-state index contributed by atoms with van der Waals surface area (Å²) in [5.74, 6) is 0. The van der Waals surface area contributed by atoms with Crippen molar-refractivity contribution in [1.29, 1.82) is 0 Å². The van der Waals surface area contributed by atoms with Crippen molar-refractivity contribution < 1.29 is 5.11 Å². The maximum absolute atomic E-state index is 8.99. The minimum atomic E-state index is 0.267. The van der Waals surface area contributed by atoms with Crippen LogP contribution in [0.2, 0.25) is 0 Å². The minimum Gasteiger partial charge on any atom is -0.396 e. The lowest BCUT2D eigenvalue weighted by Gasteiger charge is -2.03. The van der Waals surface area contributed by atoms with Crippen molar-refractivity contribution in [1.82, 2.24) is 4.57 Å². The smallest absolute Gasteiger partial charge is 0.0515 e. The Balaban J connectivity index is 2.64. The quantitative estimate of drug-likeness (QED) is 0.860. The number of aliphatic hydroxyl groups is 1. The fraction of sp³-hybridized carbons (Fsp3) is 0.467. The van der Waals surface area contributed by atoms with Crippen LogP contribution in [0.15, 0.2) is 18.2 Å². The fourth-order valence-corrected chi connectivity index (χ4v) is 2.65. The molecule has 0 atom stereocenters. The van der Waals surface area contributed by atoms with Gasteiger partial charge in [-0.05, 0) is 37.3 Å². The van der Waals surface area contributed by atoms with Gasteiger partial charge < -0.3 is 9.67 Å². The van der Waals surface area contributed by atoms with Crippen molar-refractivity contribution in [2.24, 2.45) is 7.05 Å². The third-order valence-corrected chi connectivity index (χ3v) is 3.69. The van der Waals surface area contributed by atoms with Gasteiger partial charge in [-0.3, -0.25) is 0 Å². The van der Waals surface area contributed by atoms with Crippen molar-refractivity contribution in [2.45, 2.75) is 33.1 Å². The number of nitrogens with zero attached hydrogens (tertiary/aromatic N) is 1. The van der Waals surface area contributed by atoms with E-state index < -0.39 is 0 Å². The molecule has 1 N–H and O–H groups in total. The second-order valence-electron chi connectivity index (χ2n) is 4.62. The van der Waals surface area contributed by atoms with Crippen molar-refractivity contribution in [3.63, 3.8) is 0 Å². The van der Waals surface area contributed by atoms with Crippen LogP contribution in [0, 0.1) is 6.92 Å². The summed E-state index contributed by atoms with van der Waals surface area (Å²) in [5.41, 5.74) is 5.49. The summed E-state index contributed by atoms with van der Waals surface area (Å²) in [6.45, 7) is 4.64. The van der Waals surface area contributed by atoms with Gasteiger partial charge in [-0.2, -0.15) is 0 Å². The predicted octanol–water partition coefficient (Wildman–Crippen LogP) is 2.97. The second kappa shape index (κ2) is 4.92. The summed E-state index contributed by atoms with van der Waals surface area (Å²) in [5, 5.41) is 10.4. The highest BCUT2D eigenvalue weighted by molar-refractivity contribution is 5.88. The summed E-state index contributed by atoms with van der Waals surface area (Å²) in [6.07, 6.45) is 2.87. The molecule has 0 saturated carbocycles. The number of hydrogen-bond acceptors (Lipinski definition) is 1. The molecule has 2 nitrogen and oxygen atoms in total. The van der Waals surface area contributed by atoms with Crippen molar-refractivity contribution in [3.05, 3.63) is 35.0 Å². The number of para-hydroxylation sites is 1. The molecule has 1 aromatic carbocycles. The SMILES string of the molecule is CCc1cccc2c(CCCO)c(C)n(C)c12. The van der Waals surface area contributed by atoms with Crippen LogP contribution in [0.1, 0.15) is 30.2 Å². The van der Waals surface area contributed by atoms with E-state index >= 15 is 0 Å². The molecule has 0 unspecified atom stereocenters. The first-order valence-electron chi connectivity index (χ1n) is 6.37. The Morgan fingerprint density at radius 3 is 2.71 bits per heavy atom. The zero-order valence-corrected chi connectivity index (χ0v) is 11.0. The van der Waals surface area contributed by atoms with Gasteiger partial charge in [0.1, 0.15) is 0 Å². The Morgan fingerprint density at radius 2 is 2.06 bits per heavy atom. The molecule has 0 aliphatic rings. The topological polar surface area (TPSA) is 25.2 Å². The van der Waals surface area contributed by atoms with Crippen LogP contribution < -0.4 is 0 Å². The minimum absolute atomic E-state index is 0.267. The molecule has 2 rings (SSSR count). The molecular weight excluding hydrogens is 210 g/mol. The molecule has 0 saturated heterocycles. The molecule has 0 radical (unpaired) electrons. The molecule has 0 aliphatic heterocycles. The van der Waals surface area contributed by atoms with E-state index in [9.17, 15) is 0 Å². The standard InChI is InChI=1S/C15H21NO/c1-4-12-7-5-8-14-13(9-6-10-17)11(2)16(3)15(12)14/h5,7-8,17H,4,6,9-10H2,1-3H3. The molecule has 0 amide bonds. The molecule has 1 aromatic heterocycles. The van der Waals surface area contributed by atoms with E-state index in [2.05, 4.69) is 43.7 Å². The van der Waals surface area contributed by atoms with Gasteiger partial charge in [-0.1, -0.05) is 25.1 Å². The van der Waals surface area contributed by atoms with Crippen LogP contribution in [0.25, 0.3) is 10.9 Å². The molecule has 17 heavy (non-hydrogen) atoms. The van der Waals surface area contributed by atoms with Gasteiger partial charge in [0.2, 0.25) is 0 Å². The van der Waals surface area contributed by atoms with Gasteiger partial charge in [0, 0.05) is 24.7 Å². The Kier molecular flexibility index (Phi) is 3.53. The van der Waals surface area contributed by atoms with E-state index in [4.69, 9.17) is 5.11 Å². The zero-order chi connectivity index (χ0) is 12.4. The van der Waals surface area contributed by atoms with Crippen LogP contribution in [0.4, 0.5) is 0 Å². The van der Waals surface area contributed by atoms with E-state index in [-0.39, 0.29) is 6.61 Å². The molecule has 0 bridgehead atoms. The molecule has 0 spiro atoms. The highest BCUT2D eigenvalue weighted by Crippen LogP contribution is 2.28. The lowest BCUT2D eigenvalue weighted by atomic mass is 10.0. The monoisotopic (exact) mass is 231 g/mol. The molecule has 0 fully saturated rings. The highest BCUT2D eigenvalue weighted by Gasteiger charge is 2.13. The van der Waals surface area contributed by atoms with Crippen LogP contribution in [0.3, 0.4) is 0 Å². The second-order valence-corrected chi connectivity index (χ2v) is 4.62. The van der Waals surface area contributed by atoms with Gasteiger partial charge in [0.05, 0.1) is 5.52 Å². The maximum atomic E-state index is 8.99. The number of hydrogen-bond donors (Lipinski definition) is 1. The van der Waals surface area contributed by atoms with E-state index in [1.165, 1.54) is 27.7 Å². The first-order chi connectivity index (χ1) is 8.20. The van der Waals surface area contributed by atoms with Gasteiger partial charge >= 0.3 is 0 Å². The average Bonchev–Trinajstić information content (AvgIpc) is 2.60. The van der Waals surface area contributed by atoms with E-state index in [0.717, 1.165) is 19.3 Å². The first-order valence-corrected chi connectivity index (χ1v) is 6.37. The summed E-state index contributed by atoms with van der Waals surface area (Å²) in [4.78, 5) is 0. The molecule has 2 aromatic rings. The summed E-state index contributed by atoms with van der Waals surface area (Å²) >= 11 is 0. The lowest BCUT2D eigenvalue weighted by Crippen LogP contribution is -1.95. The number of aryl methyl sites for hydroxylation is 3. The van der Waals surface area contributed by atoms with Crippen LogP contribution in [-0.4, -0.2) is 16.3 Å². The fourth-order valence-electron chi connectivity index (χ4n) is 2.65. The third kappa shape index (κ3) is 1.98. The van der Waals surface area contributed by atoms with Crippen molar-refractivity contribution >= 4 is 10.9 Å².